The highest BCUT2D eigenvalue weighted by atomic mass is 19.4. The lowest BCUT2D eigenvalue weighted by atomic mass is 9.87. The quantitative estimate of drug-likeness (QED) is 0.408. The molecule has 2 aromatic heterocycles. The maximum Gasteiger partial charge on any atom is 0.424 e. The van der Waals surface area contributed by atoms with E-state index in [9.17, 15) is 28.2 Å². The zero-order valence-corrected chi connectivity index (χ0v) is 18.2. The van der Waals surface area contributed by atoms with Crippen molar-refractivity contribution in [2.75, 3.05) is 5.32 Å². The van der Waals surface area contributed by atoms with Crippen molar-refractivity contribution in [3.8, 4) is 11.3 Å². The number of nitrogens with zero attached hydrogens (tertiary/aromatic N) is 3. The van der Waals surface area contributed by atoms with Gasteiger partial charge in [-0.2, -0.15) is 18.3 Å². The summed E-state index contributed by atoms with van der Waals surface area (Å²) in [7, 11) is 0. The molecule has 10 heteroatoms. The van der Waals surface area contributed by atoms with Crippen molar-refractivity contribution in [2.45, 2.75) is 31.7 Å². The van der Waals surface area contributed by atoms with Crippen LogP contribution < -0.4 is 5.32 Å². The number of benzene rings is 2. The van der Waals surface area contributed by atoms with Crippen molar-refractivity contribution in [3.63, 3.8) is 0 Å². The van der Waals surface area contributed by atoms with Gasteiger partial charge in [0.2, 0.25) is 5.60 Å². The van der Waals surface area contributed by atoms with Gasteiger partial charge in [-0.1, -0.05) is 42.5 Å². The summed E-state index contributed by atoms with van der Waals surface area (Å²) in [5, 5.41) is 26.8. The molecule has 4 aromatic rings. The zero-order valence-electron chi connectivity index (χ0n) is 18.2. The smallest absolute Gasteiger partial charge is 0.390 e. The van der Waals surface area contributed by atoms with Gasteiger partial charge in [-0.05, 0) is 31.5 Å². The van der Waals surface area contributed by atoms with Crippen molar-refractivity contribution in [1.82, 2.24) is 14.6 Å². The Kier molecular flexibility index (Phi) is 5.88. The summed E-state index contributed by atoms with van der Waals surface area (Å²) < 4.78 is 41.8. The number of halogens is 3. The summed E-state index contributed by atoms with van der Waals surface area (Å²) in [5.41, 5.74) is -1.20. The Balaban J connectivity index is 1.65. The Morgan fingerprint density at radius 1 is 1.06 bits per heavy atom. The molecule has 1 amide bonds. The maximum atomic E-state index is 13.4. The number of aliphatic hydroxyl groups excluding tert-OH is 1. The Morgan fingerprint density at radius 3 is 2.29 bits per heavy atom. The first kappa shape index (κ1) is 23.4. The highest BCUT2D eigenvalue weighted by Gasteiger charge is 2.58. The predicted octanol–water partition coefficient (Wildman–Crippen LogP) is 4.09. The summed E-state index contributed by atoms with van der Waals surface area (Å²) >= 11 is 0. The van der Waals surface area contributed by atoms with E-state index in [0.717, 1.165) is 42.4 Å². The van der Waals surface area contributed by atoms with E-state index in [1.54, 1.807) is 16.6 Å². The molecular formula is C24H21F3N4O3. The van der Waals surface area contributed by atoms with Crippen LogP contribution >= 0.6 is 0 Å². The van der Waals surface area contributed by atoms with Gasteiger partial charge in [0.25, 0.3) is 5.91 Å². The molecule has 0 radical (unpaired) electrons. The molecule has 7 nitrogen and oxygen atoms in total. The molecule has 2 heterocycles. The normalized spacial score (nSPS) is 14.6. The lowest BCUT2D eigenvalue weighted by Crippen LogP contribution is -2.50. The van der Waals surface area contributed by atoms with Gasteiger partial charge in [-0.15, -0.1) is 0 Å². The number of hydrogen-bond donors (Lipinski definition) is 3. The minimum Gasteiger partial charge on any atom is -0.390 e. The molecule has 0 saturated carbocycles. The van der Waals surface area contributed by atoms with Crippen molar-refractivity contribution in [3.05, 3.63) is 83.6 Å². The largest absolute Gasteiger partial charge is 0.424 e. The van der Waals surface area contributed by atoms with Crippen LogP contribution in [0.2, 0.25) is 0 Å². The first-order valence-electron chi connectivity index (χ1n) is 10.3. The number of carbonyl (C=O) groups excluding carboxylic acids is 1. The first-order valence-corrected chi connectivity index (χ1v) is 10.3. The first-order chi connectivity index (χ1) is 16.0. The fourth-order valence-electron chi connectivity index (χ4n) is 3.67. The van der Waals surface area contributed by atoms with E-state index in [0.29, 0.717) is 11.3 Å². The molecule has 0 fully saturated rings. The Hall–Kier alpha value is -3.76. The minimum atomic E-state index is -5.11. The third-order valence-corrected chi connectivity index (χ3v) is 5.48. The number of aromatic nitrogens is 3. The SMILES string of the molecule is Cc1cc2nc(NC(=O)c3ccc([C@@](O)(C(C)O)C(F)(F)F)cc3)cc(-c3ccccc3)n2n1. The van der Waals surface area contributed by atoms with Crippen LogP contribution in [0.3, 0.4) is 0 Å². The van der Waals surface area contributed by atoms with Gasteiger partial charge in [-0.3, -0.25) is 4.79 Å². The van der Waals surface area contributed by atoms with E-state index in [-0.39, 0.29) is 11.4 Å². The third-order valence-electron chi connectivity index (χ3n) is 5.48. The number of aliphatic hydroxyl groups is 2. The number of hydrogen-bond acceptors (Lipinski definition) is 5. The van der Waals surface area contributed by atoms with Crippen LogP contribution in [-0.4, -0.2) is 43.0 Å². The van der Waals surface area contributed by atoms with Crippen LogP contribution in [0.15, 0.2) is 66.7 Å². The van der Waals surface area contributed by atoms with Gasteiger partial charge in [0.1, 0.15) is 5.82 Å². The summed E-state index contributed by atoms with van der Waals surface area (Å²) in [4.78, 5) is 17.2. The Bertz CT molecular complexity index is 1340. The molecule has 2 atom stereocenters. The van der Waals surface area contributed by atoms with E-state index >= 15 is 0 Å². The molecule has 0 aliphatic rings. The van der Waals surface area contributed by atoms with Crippen LogP contribution in [0, 0.1) is 6.92 Å². The number of alkyl halides is 3. The van der Waals surface area contributed by atoms with Crippen LogP contribution in [0.5, 0.6) is 0 Å². The molecule has 34 heavy (non-hydrogen) atoms. The number of aryl methyl sites for hydroxylation is 1. The molecular weight excluding hydrogens is 449 g/mol. The van der Waals surface area contributed by atoms with Crippen LogP contribution in [0.25, 0.3) is 16.9 Å². The summed E-state index contributed by atoms with van der Waals surface area (Å²) in [6.45, 7) is 2.66. The average Bonchev–Trinajstić information content (AvgIpc) is 3.17. The van der Waals surface area contributed by atoms with Gasteiger partial charge in [0, 0.05) is 23.3 Å². The number of carbonyl (C=O) groups is 1. The van der Waals surface area contributed by atoms with Crippen molar-refractivity contribution in [1.29, 1.82) is 0 Å². The molecule has 0 saturated heterocycles. The lowest BCUT2D eigenvalue weighted by Gasteiger charge is -2.33. The van der Waals surface area contributed by atoms with Gasteiger partial charge in [0.05, 0.1) is 17.5 Å². The minimum absolute atomic E-state index is 0.0477. The standard InChI is InChI=1S/C24H21F3N4O3/c1-14-12-21-28-20(13-19(31(21)30-14)16-6-4-3-5-7-16)29-22(33)17-8-10-18(11-9-17)23(34,15(2)32)24(25,26)27/h3-13,15,32,34H,1-2H3,(H,28,29,33)/t15?,23-/m0/s1. The van der Waals surface area contributed by atoms with Gasteiger partial charge in [-0.25, -0.2) is 9.50 Å². The second kappa shape index (κ2) is 8.54. The van der Waals surface area contributed by atoms with Crippen LogP contribution in [0.1, 0.15) is 28.5 Å². The average molecular weight is 470 g/mol. The molecule has 0 aliphatic carbocycles. The Labute approximate surface area is 192 Å². The Morgan fingerprint density at radius 2 is 1.71 bits per heavy atom. The molecule has 176 valence electrons. The van der Waals surface area contributed by atoms with Crippen molar-refractivity contribution >= 4 is 17.4 Å². The molecule has 0 aliphatic heterocycles. The second-order valence-electron chi connectivity index (χ2n) is 7.92. The van der Waals surface area contributed by atoms with Gasteiger partial charge in [0.15, 0.2) is 5.65 Å². The van der Waals surface area contributed by atoms with Gasteiger partial charge < -0.3 is 15.5 Å². The molecule has 2 aromatic carbocycles. The lowest BCUT2D eigenvalue weighted by molar-refractivity contribution is -0.295. The molecule has 0 spiro atoms. The summed E-state index contributed by atoms with van der Waals surface area (Å²) in [6, 6.07) is 17.0. The zero-order chi connectivity index (χ0) is 24.7. The molecule has 0 bridgehead atoms. The van der Waals surface area contributed by atoms with Crippen LogP contribution in [0.4, 0.5) is 19.0 Å². The van der Waals surface area contributed by atoms with Crippen molar-refractivity contribution < 1.29 is 28.2 Å². The third kappa shape index (κ3) is 4.13. The maximum absolute atomic E-state index is 13.4. The van der Waals surface area contributed by atoms with E-state index in [2.05, 4.69) is 15.4 Å². The van der Waals surface area contributed by atoms with Crippen molar-refractivity contribution in [2.24, 2.45) is 0 Å². The fraction of sp³-hybridized carbons (Fsp3) is 0.208. The van der Waals surface area contributed by atoms with Crippen LogP contribution in [-0.2, 0) is 5.60 Å². The second-order valence-corrected chi connectivity index (χ2v) is 7.92. The van der Waals surface area contributed by atoms with E-state index in [4.69, 9.17) is 0 Å². The number of amides is 1. The topological polar surface area (TPSA) is 99.8 Å². The van der Waals surface area contributed by atoms with E-state index < -0.39 is 29.4 Å². The molecule has 4 rings (SSSR count). The monoisotopic (exact) mass is 470 g/mol. The summed E-state index contributed by atoms with van der Waals surface area (Å²) in [5.74, 6) is -0.373. The molecule has 3 N–H and O–H groups in total. The summed E-state index contributed by atoms with van der Waals surface area (Å²) in [6.07, 6.45) is -7.22. The predicted molar refractivity (Wildman–Crippen MR) is 119 cm³/mol. The van der Waals surface area contributed by atoms with E-state index in [1.807, 2.05) is 37.3 Å². The number of anilines is 1. The highest BCUT2D eigenvalue weighted by molar-refractivity contribution is 6.04. The van der Waals surface area contributed by atoms with Gasteiger partial charge >= 0.3 is 6.18 Å². The number of rotatable bonds is 5. The highest BCUT2D eigenvalue weighted by Crippen LogP contribution is 2.41. The number of fused-ring (bicyclic) bond motifs is 1. The van der Waals surface area contributed by atoms with E-state index in [1.165, 1.54) is 0 Å². The number of nitrogens with one attached hydrogen (secondary N) is 1. The molecule has 1 unspecified atom stereocenters. The fourth-order valence-corrected chi connectivity index (χ4v) is 3.67.